The fraction of sp³-hybridized carbons (Fsp3) is 0.300. The Kier molecular flexibility index (Phi) is 4.56. The van der Waals surface area contributed by atoms with Gasteiger partial charge in [0.2, 0.25) is 0 Å². The highest BCUT2D eigenvalue weighted by molar-refractivity contribution is 6.37. The van der Waals surface area contributed by atoms with E-state index >= 15 is 0 Å². The van der Waals surface area contributed by atoms with Crippen molar-refractivity contribution in [2.24, 2.45) is 5.73 Å². The van der Waals surface area contributed by atoms with Crippen molar-refractivity contribution >= 4 is 29.0 Å². The molecule has 1 aromatic carbocycles. The maximum Gasteiger partial charge on any atom is 0.194 e. The van der Waals surface area contributed by atoms with Gasteiger partial charge in [-0.2, -0.15) is 0 Å². The highest BCUT2D eigenvalue weighted by Crippen LogP contribution is 2.31. The largest absolute Gasteiger partial charge is 0.495 e. The van der Waals surface area contributed by atoms with Crippen LogP contribution in [0, 0.1) is 0 Å². The number of halogens is 2. The molecule has 0 saturated carbocycles. The van der Waals surface area contributed by atoms with Crippen LogP contribution in [0.2, 0.25) is 10.0 Å². The van der Waals surface area contributed by atoms with Crippen molar-refractivity contribution < 1.29 is 14.6 Å². The lowest BCUT2D eigenvalue weighted by Gasteiger charge is -2.10. The average Bonchev–Trinajstić information content (AvgIpc) is 2.29. The number of nitrogens with two attached hydrogens (primary N) is 1. The van der Waals surface area contributed by atoms with Crippen molar-refractivity contribution in [3.05, 3.63) is 27.7 Å². The summed E-state index contributed by atoms with van der Waals surface area (Å²) in [5.41, 5.74) is 5.31. The molecule has 0 bridgehead atoms. The highest BCUT2D eigenvalue weighted by Gasteiger charge is 2.20. The van der Waals surface area contributed by atoms with E-state index in [2.05, 4.69) is 0 Å². The number of Topliss-reactive ketones (excluding diaryl/α,β-unsaturated/α-hetero) is 1. The summed E-state index contributed by atoms with van der Waals surface area (Å²) in [4.78, 5) is 11.6. The number of hydrogen-bond acceptors (Lipinski definition) is 4. The smallest absolute Gasteiger partial charge is 0.194 e. The molecule has 0 aromatic heterocycles. The number of carbonyl (C=O) groups excluding carboxylic acids is 1. The Bertz CT molecular complexity index is 409. The lowest BCUT2D eigenvalue weighted by atomic mass is 10.1. The van der Waals surface area contributed by atoms with Crippen molar-refractivity contribution in [3.8, 4) is 5.75 Å². The molecule has 1 rings (SSSR count). The van der Waals surface area contributed by atoms with E-state index in [0.29, 0.717) is 5.75 Å². The number of ether oxygens (including phenoxy) is 1. The van der Waals surface area contributed by atoms with Gasteiger partial charge in [-0.05, 0) is 6.07 Å². The fourth-order valence-corrected chi connectivity index (χ4v) is 1.65. The van der Waals surface area contributed by atoms with E-state index in [-0.39, 0.29) is 22.2 Å². The molecule has 0 amide bonds. The molecule has 3 N–H and O–H groups in total. The summed E-state index contributed by atoms with van der Waals surface area (Å²) >= 11 is 11.7. The zero-order valence-corrected chi connectivity index (χ0v) is 10.0. The van der Waals surface area contributed by atoms with Crippen LogP contribution < -0.4 is 10.5 Å². The predicted octanol–water partition coefficient (Wildman–Crippen LogP) is 1.50. The topological polar surface area (TPSA) is 72.5 Å². The monoisotopic (exact) mass is 263 g/mol. The van der Waals surface area contributed by atoms with Crippen LogP contribution in [0.25, 0.3) is 0 Å². The second-order valence-electron chi connectivity index (χ2n) is 3.08. The third-order valence-corrected chi connectivity index (χ3v) is 2.64. The molecule has 0 aliphatic heterocycles. The van der Waals surface area contributed by atoms with Crippen molar-refractivity contribution in [2.75, 3.05) is 13.7 Å². The first-order valence-electron chi connectivity index (χ1n) is 4.46. The summed E-state index contributed by atoms with van der Waals surface area (Å²) in [6.07, 6.45) is -1.28. The van der Waals surface area contributed by atoms with Gasteiger partial charge in [0.25, 0.3) is 0 Å². The minimum absolute atomic E-state index is 0.130. The second kappa shape index (κ2) is 5.50. The Morgan fingerprint density at radius 3 is 2.62 bits per heavy atom. The molecule has 0 saturated heterocycles. The summed E-state index contributed by atoms with van der Waals surface area (Å²) in [5, 5.41) is 9.73. The third-order valence-electron chi connectivity index (χ3n) is 2.03. The van der Waals surface area contributed by atoms with Crippen molar-refractivity contribution in [3.63, 3.8) is 0 Å². The first kappa shape index (κ1) is 13.3. The number of aliphatic hydroxyl groups is 1. The number of aliphatic hydroxyl groups excluding tert-OH is 1. The molecule has 1 atom stereocenters. The molecule has 0 aliphatic carbocycles. The number of rotatable bonds is 4. The Morgan fingerprint density at radius 2 is 2.12 bits per heavy atom. The molecule has 0 aliphatic rings. The standard InChI is InChI=1S/C10H11Cl2NO3/c1-16-9-3-6(11)5(2-7(9)12)10(15)8(14)4-13/h2-3,8,14H,4,13H2,1H3. The Hall–Kier alpha value is -0.810. The average molecular weight is 264 g/mol. The van der Waals surface area contributed by atoms with Gasteiger partial charge in [-0.25, -0.2) is 0 Å². The highest BCUT2D eigenvalue weighted by atomic mass is 35.5. The van der Waals surface area contributed by atoms with Gasteiger partial charge in [0.05, 0.1) is 17.2 Å². The van der Waals surface area contributed by atoms with Crippen LogP contribution in [0.15, 0.2) is 12.1 Å². The van der Waals surface area contributed by atoms with Crippen LogP contribution in [-0.2, 0) is 0 Å². The maximum atomic E-state index is 11.6. The second-order valence-corrected chi connectivity index (χ2v) is 3.90. The molecule has 88 valence electrons. The SMILES string of the molecule is COc1cc(Cl)c(C(=O)C(O)CN)cc1Cl. The number of methoxy groups -OCH3 is 1. The first-order valence-corrected chi connectivity index (χ1v) is 5.22. The van der Waals surface area contributed by atoms with Gasteiger partial charge in [0.15, 0.2) is 5.78 Å². The normalized spacial score (nSPS) is 12.3. The van der Waals surface area contributed by atoms with E-state index in [1.54, 1.807) is 0 Å². The zero-order chi connectivity index (χ0) is 12.3. The van der Waals surface area contributed by atoms with E-state index in [1.165, 1.54) is 19.2 Å². The predicted molar refractivity (Wildman–Crippen MR) is 62.4 cm³/mol. The van der Waals surface area contributed by atoms with Gasteiger partial charge < -0.3 is 15.6 Å². The molecule has 16 heavy (non-hydrogen) atoms. The summed E-state index contributed by atoms with van der Waals surface area (Å²) in [6, 6.07) is 2.77. The van der Waals surface area contributed by atoms with Crippen LogP contribution >= 0.6 is 23.2 Å². The lowest BCUT2D eigenvalue weighted by Crippen LogP contribution is -2.29. The number of ketones is 1. The molecule has 0 radical (unpaired) electrons. The molecule has 4 nitrogen and oxygen atoms in total. The Labute approximate surface area is 103 Å². The molecular formula is C10H11Cl2NO3. The van der Waals surface area contributed by atoms with Gasteiger partial charge in [0, 0.05) is 18.2 Å². The van der Waals surface area contributed by atoms with Gasteiger partial charge in [-0.15, -0.1) is 0 Å². The molecule has 0 heterocycles. The molecule has 1 unspecified atom stereocenters. The van der Waals surface area contributed by atoms with E-state index in [1.807, 2.05) is 0 Å². The summed E-state index contributed by atoms with van der Waals surface area (Å²) in [7, 11) is 1.44. The molecule has 0 spiro atoms. The lowest BCUT2D eigenvalue weighted by molar-refractivity contribution is 0.0763. The number of benzene rings is 1. The minimum Gasteiger partial charge on any atom is -0.495 e. The van der Waals surface area contributed by atoms with Crippen LogP contribution in [-0.4, -0.2) is 30.6 Å². The van der Waals surface area contributed by atoms with Crippen LogP contribution in [0.5, 0.6) is 5.75 Å². The molecule has 0 fully saturated rings. The number of hydrogen-bond donors (Lipinski definition) is 2. The van der Waals surface area contributed by atoms with E-state index in [4.69, 9.17) is 33.7 Å². The Balaban J connectivity index is 3.16. The fourth-order valence-electron chi connectivity index (χ4n) is 1.16. The van der Waals surface area contributed by atoms with Gasteiger partial charge in [-0.3, -0.25) is 4.79 Å². The minimum atomic E-state index is -1.28. The van der Waals surface area contributed by atoms with Crippen LogP contribution in [0.3, 0.4) is 0 Å². The van der Waals surface area contributed by atoms with Gasteiger partial charge in [0.1, 0.15) is 11.9 Å². The van der Waals surface area contributed by atoms with Crippen molar-refractivity contribution in [2.45, 2.75) is 6.10 Å². The molecule has 1 aromatic rings. The number of carbonyl (C=O) groups is 1. The summed E-state index contributed by atoms with van der Waals surface area (Å²) < 4.78 is 4.93. The van der Waals surface area contributed by atoms with Gasteiger partial charge >= 0.3 is 0 Å². The van der Waals surface area contributed by atoms with E-state index in [0.717, 1.165) is 0 Å². The molecule has 6 heteroatoms. The van der Waals surface area contributed by atoms with E-state index < -0.39 is 11.9 Å². The maximum absolute atomic E-state index is 11.6. The first-order chi connectivity index (χ1) is 7.51. The van der Waals surface area contributed by atoms with Crippen molar-refractivity contribution in [1.29, 1.82) is 0 Å². The Morgan fingerprint density at radius 1 is 1.50 bits per heavy atom. The van der Waals surface area contributed by atoms with Crippen molar-refractivity contribution in [1.82, 2.24) is 0 Å². The van der Waals surface area contributed by atoms with Crippen LogP contribution in [0.1, 0.15) is 10.4 Å². The zero-order valence-electron chi connectivity index (χ0n) is 8.54. The summed E-state index contributed by atoms with van der Waals surface area (Å²) in [5.74, 6) is -0.192. The van der Waals surface area contributed by atoms with Gasteiger partial charge in [-0.1, -0.05) is 23.2 Å². The van der Waals surface area contributed by atoms with Crippen LogP contribution in [0.4, 0.5) is 0 Å². The quantitative estimate of drug-likeness (QED) is 0.808. The summed E-state index contributed by atoms with van der Waals surface area (Å²) in [6.45, 7) is -0.168. The molecular weight excluding hydrogens is 253 g/mol. The third kappa shape index (κ3) is 2.65. The van der Waals surface area contributed by atoms with E-state index in [9.17, 15) is 9.90 Å².